The summed E-state index contributed by atoms with van der Waals surface area (Å²) >= 11 is 1.50. The van der Waals surface area contributed by atoms with Crippen molar-refractivity contribution in [1.82, 2.24) is 10.2 Å². The van der Waals surface area contributed by atoms with Crippen LogP contribution in [0, 0.1) is 6.92 Å². The number of nitrogens with one attached hydrogen (secondary N) is 1. The lowest BCUT2D eigenvalue weighted by Gasteiger charge is -2.32. The Morgan fingerprint density at radius 2 is 1.45 bits per heavy atom. The van der Waals surface area contributed by atoms with Crippen LogP contribution >= 0.6 is 11.8 Å². The Hall–Kier alpha value is -3.05. The third-order valence-corrected chi connectivity index (χ3v) is 6.28. The van der Waals surface area contributed by atoms with E-state index < -0.39 is 6.04 Å². The summed E-state index contributed by atoms with van der Waals surface area (Å²) in [6, 6.07) is 27.3. The molecule has 0 aliphatic rings. The zero-order valence-electron chi connectivity index (χ0n) is 19.5. The molecule has 0 saturated carbocycles. The van der Waals surface area contributed by atoms with E-state index in [2.05, 4.69) is 5.32 Å². The van der Waals surface area contributed by atoms with E-state index in [9.17, 15) is 9.59 Å². The van der Waals surface area contributed by atoms with Crippen LogP contribution in [-0.2, 0) is 22.6 Å². The molecule has 0 heterocycles. The molecule has 0 aromatic heterocycles. The number of hydrogen-bond acceptors (Lipinski definition) is 3. The van der Waals surface area contributed by atoms with E-state index in [1.54, 1.807) is 4.90 Å². The molecular weight excluding hydrogens is 428 g/mol. The fourth-order valence-corrected chi connectivity index (χ4v) is 4.38. The lowest BCUT2D eigenvalue weighted by atomic mass is 10.0. The summed E-state index contributed by atoms with van der Waals surface area (Å²) in [4.78, 5) is 29.6. The lowest BCUT2D eigenvalue weighted by molar-refractivity contribution is -0.139. The van der Waals surface area contributed by atoms with E-state index in [4.69, 9.17) is 0 Å². The molecular formula is C28H32N2O2S. The molecule has 3 rings (SSSR count). The van der Waals surface area contributed by atoms with Gasteiger partial charge in [-0.2, -0.15) is 0 Å². The van der Waals surface area contributed by atoms with Gasteiger partial charge in [-0.3, -0.25) is 9.59 Å². The minimum atomic E-state index is -0.597. The van der Waals surface area contributed by atoms with E-state index in [1.165, 1.54) is 11.8 Å². The maximum atomic E-state index is 13.5. The number of rotatable bonds is 10. The summed E-state index contributed by atoms with van der Waals surface area (Å²) in [6.07, 6.45) is 0.465. The molecule has 0 bridgehead atoms. The van der Waals surface area contributed by atoms with E-state index >= 15 is 0 Å². The SMILES string of the molecule is Cc1ccc(CN(C(=O)CSc2ccccc2)C(Cc2ccccc2)C(=O)NC(C)C)cc1. The minimum absolute atomic E-state index is 0.00852. The summed E-state index contributed by atoms with van der Waals surface area (Å²) in [7, 11) is 0. The molecule has 172 valence electrons. The molecule has 0 aliphatic carbocycles. The van der Waals surface area contributed by atoms with Gasteiger partial charge in [0, 0.05) is 23.9 Å². The Kier molecular flexibility index (Phi) is 9.14. The number of aryl methyl sites for hydroxylation is 1. The van der Waals surface area contributed by atoms with Crippen LogP contribution in [0.1, 0.15) is 30.5 Å². The summed E-state index contributed by atoms with van der Waals surface area (Å²) in [5.74, 6) is 0.0964. The molecule has 0 saturated heterocycles. The van der Waals surface area contributed by atoms with Crippen LogP contribution in [0.3, 0.4) is 0 Å². The van der Waals surface area contributed by atoms with Crippen LogP contribution in [0.25, 0.3) is 0 Å². The first-order valence-electron chi connectivity index (χ1n) is 11.3. The fraction of sp³-hybridized carbons (Fsp3) is 0.286. The number of hydrogen-bond donors (Lipinski definition) is 1. The first kappa shape index (κ1) is 24.6. The highest BCUT2D eigenvalue weighted by Crippen LogP contribution is 2.21. The second kappa shape index (κ2) is 12.3. The highest BCUT2D eigenvalue weighted by molar-refractivity contribution is 8.00. The van der Waals surface area contributed by atoms with Gasteiger partial charge in [0.05, 0.1) is 5.75 Å². The van der Waals surface area contributed by atoms with Crippen molar-refractivity contribution >= 4 is 23.6 Å². The topological polar surface area (TPSA) is 49.4 Å². The molecule has 5 heteroatoms. The molecule has 0 spiro atoms. The van der Waals surface area contributed by atoms with Crippen molar-refractivity contribution in [2.75, 3.05) is 5.75 Å². The molecule has 1 atom stereocenters. The Labute approximate surface area is 201 Å². The highest BCUT2D eigenvalue weighted by Gasteiger charge is 2.30. The Morgan fingerprint density at radius 3 is 2.06 bits per heavy atom. The van der Waals surface area contributed by atoms with Crippen LogP contribution < -0.4 is 5.32 Å². The Bertz CT molecular complexity index is 1020. The van der Waals surface area contributed by atoms with Gasteiger partial charge in [-0.25, -0.2) is 0 Å². The van der Waals surface area contributed by atoms with Crippen molar-refractivity contribution < 1.29 is 9.59 Å². The number of nitrogens with zero attached hydrogens (tertiary/aromatic N) is 1. The maximum absolute atomic E-state index is 13.5. The summed E-state index contributed by atoms with van der Waals surface area (Å²) in [6.45, 7) is 6.30. The minimum Gasteiger partial charge on any atom is -0.352 e. The quantitative estimate of drug-likeness (QED) is 0.420. The van der Waals surface area contributed by atoms with Crippen molar-refractivity contribution in [3.8, 4) is 0 Å². The van der Waals surface area contributed by atoms with Gasteiger partial charge in [-0.1, -0.05) is 78.4 Å². The van der Waals surface area contributed by atoms with Crippen LogP contribution in [0.4, 0.5) is 0 Å². The van der Waals surface area contributed by atoms with Crippen LogP contribution in [-0.4, -0.2) is 34.6 Å². The zero-order valence-corrected chi connectivity index (χ0v) is 20.3. The summed E-state index contributed by atoms with van der Waals surface area (Å²) in [5, 5.41) is 3.03. The largest absolute Gasteiger partial charge is 0.352 e. The van der Waals surface area contributed by atoms with Gasteiger partial charge in [0.25, 0.3) is 0 Å². The van der Waals surface area contributed by atoms with Crippen molar-refractivity contribution in [3.05, 3.63) is 102 Å². The normalized spacial score (nSPS) is 11.8. The molecule has 1 N–H and O–H groups in total. The first-order valence-corrected chi connectivity index (χ1v) is 12.3. The predicted molar refractivity (Wildman–Crippen MR) is 136 cm³/mol. The average molecular weight is 461 g/mol. The third-order valence-electron chi connectivity index (χ3n) is 5.28. The first-order chi connectivity index (χ1) is 15.9. The van der Waals surface area contributed by atoms with Gasteiger partial charge in [0.2, 0.25) is 11.8 Å². The van der Waals surface area contributed by atoms with Crippen LogP contribution in [0.15, 0.2) is 89.8 Å². The molecule has 33 heavy (non-hydrogen) atoms. The molecule has 0 fully saturated rings. The second-order valence-electron chi connectivity index (χ2n) is 8.48. The van der Waals surface area contributed by atoms with E-state index in [0.717, 1.165) is 21.6 Å². The molecule has 1 unspecified atom stereocenters. The number of amides is 2. The predicted octanol–water partition coefficient (Wildman–Crippen LogP) is 5.25. The maximum Gasteiger partial charge on any atom is 0.243 e. The fourth-order valence-electron chi connectivity index (χ4n) is 3.57. The van der Waals surface area contributed by atoms with Gasteiger partial charge in [-0.05, 0) is 44.0 Å². The number of thioether (sulfide) groups is 1. The zero-order chi connectivity index (χ0) is 23.6. The Morgan fingerprint density at radius 1 is 0.848 bits per heavy atom. The van der Waals surface area contributed by atoms with Gasteiger partial charge >= 0.3 is 0 Å². The van der Waals surface area contributed by atoms with Gasteiger partial charge in [0.15, 0.2) is 0 Å². The van der Waals surface area contributed by atoms with E-state index in [0.29, 0.717) is 13.0 Å². The monoisotopic (exact) mass is 460 g/mol. The van der Waals surface area contributed by atoms with Gasteiger partial charge < -0.3 is 10.2 Å². The molecule has 3 aromatic rings. The lowest BCUT2D eigenvalue weighted by Crippen LogP contribution is -2.52. The number of carbonyl (C=O) groups is 2. The van der Waals surface area contributed by atoms with Crippen molar-refractivity contribution in [3.63, 3.8) is 0 Å². The van der Waals surface area contributed by atoms with E-state index in [1.807, 2.05) is 106 Å². The molecule has 4 nitrogen and oxygen atoms in total. The standard InChI is InChI=1S/C28H32N2O2S/c1-21(2)29-28(32)26(18-23-10-6-4-7-11-23)30(19-24-16-14-22(3)15-17-24)27(31)20-33-25-12-8-5-9-13-25/h4-17,21,26H,18-20H2,1-3H3,(H,29,32). The molecule has 3 aromatic carbocycles. The van der Waals surface area contributed by atoms with Crippen molar-refractivity contribution in [1.29, 1.82) is 0 Å². The van der Waals surface area contributed by atoms with Gasteiger partial charge in [0.1, 0.15) is 6.04 Å². The van der Waals surface area contributed by atoms with Crippen LogP contribution in [0.5, 0.6) is 0 Å². The molecule has 0 radical (unpaired) electrons. The van der Waals surface area contributed by atoms with Crippen molar-refractivity contribution in [2.24, 2.45) is 0 Å². The molecule has 0 aliphatic heterocycles. The summed E-state index contributed by atoms with van der Waals surface area (Å²) < 4.78 is 0. The second-order valence-corrected chi connectivity index (χ2v) is 9.53. The van der Waals surface area contributed by atoms with Crippen LogP contribution in [0.2, 0.25) is 0 Å². The average Bonchev–Trinajstić information content (AvgIpc) is 2.82. The van der Waals surface area contributed by atoms with E-state index in [-0.39, 0.29) is 23.6 Å². The number of benzene rings is 3. The third kappa shape index (κ3) is 7.79. The van der Waals surface area contributed by atoms with Crippen molar-refractivity contribution in [2.45, 2.75) is 50.7 Å². The Balaban J connectivity index is 1.89. The molecule has 2 amide bonds. The summed E-state index contributed by atoms with van der Waals surface area (Å²) in [5.41, 5.74) is 3.20. The highest BCUT2D eigenvalue weighted by atomic mass is 32.2. The smallest absolute Gasteiger partial charge is 0.243 e. The number of carbonyl (C=O) groups excluding carboxylic acids is 2. The van der Waals surface area contributed by atoms with Gasteiger partial charge in [-0.15, -0.1) is 11.8 Å².